The van der Waals surface area contributed by atoms with Crippen molar-refractivity contribution in [1.29, 1.82) is 5.26 Å². The van der Waals surface area contributed by atoms with Crippen LogP contribution in [0.5, 0.6) is 0 Å². The minimum absolute atomic E-state index is 0. The summed E-state index contributed by atoms with van der Waals surface area (Å²) in [5.74, 6) is -5.59. The van der Waals surface area contributed by atoms with E-state index in [0.29, 0.717) is 39.5 Å². The third-order valence-electron chi connectivity index (χ3n) is 8.41. The number of thiazole rings is 1. The maximum Gasteiger partial charge on any atom is 0.411 e. The number of anilines is 1. The van der Waals surface area contributed by atoms with Crippen LogP contribution in [0.15, 0.2) is 72.6 Å². The van der Waals surface area contributed by atoms with Gasteiger partial charge in [-0.05, 0) is 44.4 Å². The van der Waals surface area contributed by atoms with Gasteiger partial charge in [-0.15, -0.1) is 28.8 Å². The normalized spacial score (nSPS) is 13.0. The number of H-pyrrole nitrogens is 1. The molecule has 3 atom stereocenters. The molecule has 5 aromatic rings. The number of likely N-dealkylation sites (N-methyl/N-ethyl adjacent to an activating group) is 1. The van der Waals surface area contributed by atoms with Crippen LogP contribution in [0, 0.1) is 28.8 Å². The van der Waals surface area contributed by atoms with Gasteiger partial charge in [0.2, 0.25) is 6.33 Å². The van der Waals surface area contributed by atoms with Gasteiger partial charge in [0, 0.05) is 50.6 Å². The molecule has 0 radical (unpaired) electrons. The van der Waals surface area contributed by atoms with Gasteiger partial charge >= 0.3 is 12.1 Å². The van der Waals surface area contributed by atoms with Crippen molar-refractivity contribution in [2.75, 3.05) is 32.6 Å². The van der Waals surface area contributed by atoms with Gasteiger partial charge in [-0.1, -0.05) is 36.7 Å². The first-order chi connectivity index (χ1) is 25.3. The zero-order chi connectivity index (χ0) is 38.3. The van der Waals surface area contributed by atoms with Gasteiger partial charge in [0.25, 0.3) is 6.33 Å². The van der Waals surface area contributed by atoms with Crippen molar-refractivity contribution in [2.24, 2.45) is 0 Å². The van der Waals surface area contributed by atoms with Crippen LogP contribution < -0.4 is 22.3 Å². The summed E-state index contributed by atoms with van der Waals surface area (Å²) in [6.07, 6.45) is 1.57. The Labute approximate surface area is 335 Å². The number of aliphatic hydroxyl groups is 1. The van der Waals surface area contributed by atoms with Crippen molar-refractivity contribution in [2.45, 2.75) is 37.5 Å². The number of ether oxygens (including phenoxy) is 2. The molecule has 3 aromatic carbocycles. The van der Waals surface area contributed by atoms with E-state index in [1.165, 1.54) is 23.3 Å². The highest BCUT2D eigenvalue weighted by molar-refractivity contribution is 7.10. The van der Waals surface area contributed by atoms with Gasteiger partial charge in [-0.3, -0.25) is 15.0 Å². The van der Waals surface area contributed by atoms with Crippen LogP contribution in [0.4, 0.5) is 23.7 Å². The Morgan fingerprint density at radius 3 is 2.47 bits per heavy atom. The van der Waals surface area contributed by atoms with E-state index in [1.54, 1.807) is 67.7 Å². The van der Waals surface area contributed by atoms with E-state index in [2.05, 4.69) is 20.5 Å². The molecule has 0 spiro atoms. The SMILES string of the molecule is C[C@H](c1nc(-c2ccc(C#N)cc2)cs1)[C@](O)(c1cc(F)c(F)cc1F)C(CCOC(=O)Nc1cc(Cl)ccc1COC(=O)CN(C)C)[n+]1cn[nH]c1.Cl.[Cl-]. The molecule has 0 aliphatic rings. The number of nitrogens with zero attached hydrogens (tertiary/aromatic N) is 5. The molecule has 1 unspecified atom stereocenters. The summed E-state index contributed by atoms with van der Waals surface area (Å²) in [5.41, 5.74) is -0.613. The highest BCUT2D eigenvalue weighted by atomic mass is 35.5. The highest BCUT2D eigenvalue weighted by Crippen LogP contribution is 2.47. The predicted octanol–water partition coefficient (Wildman–Crippen LogP) is 3.67. The van der Waals surface area contributed by atoms with Crippen LogP contribution in [-0.4, -0.2) is 64.5 Å². The monoisotopic (exact) mass is 839 g/mol. The van der Waals surface area contributed by atoms with Gasteiger partial charge in [-0.25, -0.2) is 27.5 Å². The van der Waals surface area contributed by atoms with Gasteiger partial charge in [0.05, 0.1) is 41.2 Å². The van der Waals surface area contributed by atoms with E-state index in [1.807, 2.05) is 6.07 Å². The predicted molar refractivity (Wildman–Crippen MR) is 195 cm³/mol. The maximum atomic E-state index is 15.7. The number of rotatable bonds is 14. The summed E-state index contributed by atoms with van der Waals surface area (Å²) < 4.78 is 56.9. The van der Waals surface area contributed by atoms with Gasteiger partial charge < -0.3 is 27.0 Å². The molecule has 5 rings (SSSR count). The fraction of sp³-hybridized carbons (Fsp3) is 0.278. The summed E-state index contributed by atoms with van der Waals surface area (Å²) in [7, 11) is 3.43. The number of hydrogen-bond acceptors (Lipinski definition) is 10. The Morgan fingerprint density at radius 1 is 1.11 bits per heavy atom. The van der Waals surface area contributed by atoms with Gasteiger partial charge in [0.1, 0.15) is 24.1 Å². The number of halogens is 6. The van der Waals surface area contributed by atoms with E-state index in [-0.39, 0.29) is 61.7 Å². The molecule has 0 fully saturated rings. The molecule has 0 saturated carbocycles. The average molecular weight is 841 g/mol. The second-order valence-corrected chi connectivity index (χ2v) is 13.6. The number of nitriles is 1. The molecule has 0 aliphatic carbocycles. The fourth-order valence-electron chi connectivity index (χ4n) is 5.72. The third-order valence-corrected chi connectivity index (χ3v) is 9.67. The smallest absolute Gasteiger partial charge is 0.411 e. The molecule has 19 heteroatoms. The standard InChI is InChI=1S/C36H33ClF3N7O5S.2ClH/c1-21(34-44-31(18-53-34)23-6-4-22(15-41)5-7-23)36(50,26-13-28(39)29(40)14-27(26)38)32(47-19-42-43-20-47)10-11-51-35(49)45-30-12-25(37)9-8-24(30)17-52-33(48)16-46(2)3;;/h4-9,12-14,18-21,32,50H,10-11,16-17H2,1-3H3,(H,45,49);2*1H/t21-,32?,36+;;/m1../s1. The molecule has 55 heavy (non-hydrogen) atoms. The largest absolute Gasteiger partial charge is 1.00 e. The Bertz CT molecular complexity index is 2120. The minimum Gasteiger partial charge on any atom is -1.00 e. The van der Waals surface area contributed by atoms with Crippen LogP contribution in [0.1, 0.15) is 47.0 Å². The number of hydrogen-bond donors (Lipinski definition) is 3. The Morgan fingerprint density at radius 2 is 1.82 bits per heavy atom. The van der Waals surface area contributed by atoms with Crippen LogP contribution in [0.25, 0.3) is 11.3 Å². The number of aromatic nitrogens is 4. The van der Waals surface area contributed by atoms with Gasteiger partial charge in [0.15, 0.2) is 11.6 Å². The van der Waals surface area contributed by atoms with Crippen molar-refractivity contribution >= 4 is 53.1 Å². The quantitative estimate of drug-likeness (QED) is 0.0863. The molecular weight excluding hydrogens is 806 g/mol. The summed E-state index contributed by atoms with van der Waals surface area (Å²) in [5, 5.41) is 33.4. The van der Waals surface area contributed by atoms with Crippen molar-refractivity contribution in [3.8, 4) is 17.3 Å². The zero-order valence-electron chi connectivity index (χ0n) is 29.4. The van der Waals surface area contributed by atoms with Crippen molar-refractivity contribution in [3.05, 3.63) is 117 Å². The van der Waals surface area contributed by atoms with E-state index >= 15 is 4.39 Å². The zero-order valence-corrected chi connectivity index (χ0v) is 32.6. The lowest BCUT2D eigenvalue weighted by Crippen LogP contribution is -3.00. The molecule has 12 nitrogen and oxygen atoms in total. The number of nitrogens with one attached hydrogen (secondary N) is 2. The summed E-state index contributed by atoms with van der Waals surface area (Å²) >= 11 is 7.32. The van der Waals surface area contributed by atoms with Crippen molar-refractivity contribution < 1.29 is 54.3 Å². The molecule has 0 aliphatic heterocycles. The summed E-state index contributed by atoms with van der Waals surface area (Å²) in [4.78, 5) is 31.5. The van der Waals surface area contributed by atoms with Crippen molar-refractivity contribution in [1.82, 2.24) is 20.1 Å². The second-order valence-electron chi connectivity index (χ2n) is 12.3. The number of carbonyl (C=O) groups is 2. The number of amides is 1. The Hall–Kier alpha value is -4.76. The van der Waals surface area contributed by atoms with Crippen molar-refractivity contribution in [3.63, 3.8) is 0 Å². The highest BCUT2D eigenvalue weighted by Gasteiger charge is 2.50. The lowest BCUT2D eigenvalue weighted by atomic mass is 9.75. The first-order valence-corrected chi connectivity index (χ1v) is 17.3. The number of carbonyl (C=O) groups excluding carboxylic acids is 2. The van der Waals surface area contributed by atoms with E-state index in [9.17, 15) is 23.5 Å². The van der Waals surface area contributed by atoms with Crippen LogP contribution in [-0.2, 0) is 26.5 Å². The number of esters is 1. The molecule has 292 valence electrons. The van der Waals surface area contributed by atoms with E-state index in [0.717, 1.165) is 11.3 Å². The number of aromatic amines is 1. The van der Waals surface area contributed by atoms with Crippen LogP contribution >= 0.6 is 35.3 Å². The van der Waals surface area contributed by atoms with E-state index < -0.39 is 52.6 Å². The Kier molecular flexibility index (Phi) is 16.0. The average Bonchev–Trinajstić information content (AvgIpc) is 3.84. The molecule has 0 bridgehead atoms. The molecule has 2 heterocycles. The van der Waals surface area contributed by atoms with Crippen LogP contribution in [0.2, 0.25) is 5.02 Å². The van der Waals surface area contributed by atoms with E-state index in [4.69, 9.17) is 26.3 Å². The molecule has 3 N–H and O–H groups in total. The number of benzene rings is 3. The first-order valence-electron chi connectivity index (χ1n) is 16.1. The topological polar surface area (TPSA) is 157 Å². The minimum atomic E-state index is -2.34. The Balaban J connectivity index is 0.00000406. The first kappa shape index (κ1) is 44.6. The summed E-state index contributed by atoms with van der Waals surface area (Å²) in [6, 6.07) is 13.1. The second kappa shape index (κ2) is 19.7. The third kappa shape index (κ3) is 10.7. The molecule has 0 saturated heterocycles. The maximum absolute atomic E-state index is 15.7. The molecule has 2 aromatic heterocycles. The molecular formula is C36H35Cl3F3N7O5S. The lowest BCUT2D eigenvalue weighted by Gasteiger charge is -2.39. The van der Waals surface area contributed by atoms with Crippen LogP contribution in [0.3, 0.4) is 0 Å². The molecule has 1 amide bonds. The van der Waals surface area contributed by atoms with Gasteiger partial charge in [-0.2, -0.15) is 5.26 Å². The fourth-order valence-corrected chi connectivity index (χ4v) is 6.84. The summed E-state index contributed by atoms with van der Waals surface area (Å²) in [6.45, 7) is 1.09. The lowest BCUT2D eigenvalue weighted by molar-refractivity contribution is -0.741.